The molecule has 0 unspecified atom stereocenters. The van der Waals surface area contributed by atoms with Gasteiger partial charge in [0, 0.05) is 24.3 Å². The molecule has 0 aliphatic carbocycles. The van der Waals surface area contributed by atoms with E-state index in [-0.39, 0.29) is 18.0 Å². The number of nitrogens with zero attached hydrogens (tertiary/aromatic N) is 3. The van der Waals surface area contributed by atoms with E-state index in [4.69, 9.17) is 0 Å². The highest BCUT2D eigenvalue weighted by atomic mass is 16.2. The minimum atomic E-state index is -0.244. The molecule has 0 bridgehead atoms. The van der Waals surface area contributed by atoms with Crippen molar-refractivity contribution < 1.29 is 4.79 Å². The summed E-state index contributed by atoms with van der Waals surface area (Å²) in [6, 6.07) is 11.0. The zero-order valence-corrected chi connectivity index (χ0v) is 12.4. The molecular formula is C16H16N4O2. The van der Waals surface area contributed by atoms with E-state index >= 15 is 0 Å². The van der Waals surface area contributed by atoms with Crippen molar-refractivity contribution in [2.24, 2.45) is 7.05 Å². The molecule has 1 aromatic carbocycles. The quantitative estimate of drug-likeness (QED) is 0.799. The lowest BCUT2D eigenvalue weighted by Crippen LogP contribution is -2.28. The summed E-state index contributed by atoms with van der Waals surface area (Å²) in [6.45, 7) is 1.82. The van der Waals surface area contributed by atoms with Crippen LogP contribution < -0.4 is 10.9 Å². The lowest BCUT2D eigenvalue weighted by Gasteiger charge is -2.07. The van der Waals surface area contributed by atoms with Crippen LogP contribution in [0.15, 0.2) is 47.4 Å². The summed E-state index contributed by atoms with van der Waals surface area (Å²) < 4.78 is 2.94. The summed E-state index contributed by atoms with van der Waals surface area (Å²) in [5.74, 6) is -0.244. The van der Waals surface area contributed by atoms with Gasteiger partial charge in [0.25, 0.3) is 5.56 Å². The molecule has 0 spiro atoms. The number of amides is 1. The fraction of sp³-hybridized carbons (Fsp3) is 0.188. The Morgan fingerprint density at radius 2 is 1.95 bits per heavy atom. The summed E-state index contributed by atoms with van der Waals surface area (Å²) in [6.07, 6.45) is 1.63. The Morgan fingerprint density at radius 3 is 2.68 bits per heavy atom. The molecule has 3 aromatic rings. The average molecular weight is 296 g/mol. The predicted octanol–water partition coefficient (Wildman–Crippen LogP) is 1.68. The smallest absolute Gasteiger partial charge is 0.277 e. The van der Waals surface area contributed by atoms with Crippen molar-refractivity contribution >= 4 is 22.5 Å². The van der Waals surface area contributed by atoms with Gasteiger partial charge in [-0.15, -0.1) is 0 Å². The first-order valence-corrected chi connectivity index (χ1v) is 6.94. The second-order valence-corrected chi connectivity index (χ2v) is 5.13. The maximum absolute atomic E-state index is 12.5. The molecule has 0 saturated heterocycles. The number of hydrogen-bond donors (Lipinski definition) is 1. The Morgan fingerprint density at radius 1 is 1.23 bits per heavy atom. The molecule has 2 aromatic heterocycles. The van der Waals surface area contributed by atoms with E-state index in [0.717, 1.165) is 11.1 Å². The van der Waals surface area contributed by atoms with E-state index in [1.807, 2.05) is 31.2 Å². The van der Waals surface area contributed by atoms with E-state index in [9.17, 15) is 9.59 Å². The largest absolute Gasteiger partial charge is 0.325 e. The maximum Gasteiger partial charge on any atom is 0.277 e. The van der Waals surface area contributed by atoms with E-state index in [1.165, 1.54) is 4.57 Å². The number of para-hydroxylation sites is 1. The Labute approximate surface area is 127 Å². The maximum atomic E-state index is 12.5. The van der Waals surface area contributed by atoms with Crippen molar-refractivity contribution in [1.29, 1.82) is 0 Å². The molecule has 0 radical (unpaired) electrons. The van der Waals surface area contributed by atoms with Crippen LogP contribution in [-0.4, -0.2) is 20.3 Å². The fourth-order valence-corrected chi connectivity index (χ4v) is 2.50. The minimum Gasteiger partial charge on any atom is -0.325 e. The van der Waals surface area contributed by atoms with Crippen molar-refractivity contribution in [1.82, 2.24) is 14.3 Å². The van der Waals surface area contributed by atoms with Crippen molar-refractivity contribution in [2.45, 2.75) is 13.5 Å². The molecule has 1 amide bonds. The molecule has 0 aliphatic rings. The van der Waals surface area contributed by atoms with Crippen molar-refractivity contribution in [3.8, 4) is 0 Å². The van der Waals surface area contributed by atoms with Crippen molar-refractivity contribution in [2.75, 3.05) is 5.32 Å². The third-order valence-corrected chi connectivity index (χ3v) is 3.52. The molecule has 0 atom stereocenters. The molecule has 0 aliphatic heterocycles. The molecular weight excluding hydrogens is 280 g/mol. The lowest BCUT2D eigenvalue weighted by atomic mass is 10.2. The number of carbonyl (C=O) groups excluding carboxylic acids is 1. The summed E-state index contributed by atoms with van der Waals surface area (Å²) >= 11 is 0. The highest BCUT2D eigenvalue weighted by Crippen LogP contribution is 2.12. The van der Waals surface area contributed by atoms with Gasteiger partial charge in [0.05, 0.1) is 5.69 Å². The summed E-state index contributed by atoms with van der Waals surface area (Å²) in [4.78, 5) is 24.5. The number of pyridine rings is 1. The van der Waals surface area contributed by atoms with Crippen LogP contribution in [0.1, 0.15) is 5.69 Å². The van der Waals surface area contributed by atoms with E-state index < -0.39 is 0 Å². The van der Waals surface area contributed by atoms with Crippen molar-refractivity contribution in [3.63, 3.8) is 0 Å². The number of anilines is 1. The van der Waals surface area contributed by atoms with Gasteiger partial charge in [-0.3, -0.25) is 14.3 Å². The van der Waals surface area contributed by atoms with Crippen LogP contribution >= 0.6 is 0 Å². The van der Waals surface area contributed by atoms with Gasteiger partial charge in [0.15, 0.2) is 0 Å². The normalized spacial score (nSPS) is 10.8. The monoisotopic (exact) mass is 296 g/mol. The second kappa shape index (κ2) is 5.48. The summed E-state index contributed by atoms with van der Waals surface area (Å²) in [7, 11) is 1.73. The number of fused-ring (bicyclic) bond motifs is 1. The standard InChI is InChI=1S/C16H16N4O2/c1-11-13-8-9-20(16(22)15(13)19(2)18-11)10-14(21)17-12-6-4-3-5-7-12/h3-9H,10H2,1-2H3,(H,17,21). The first-order valence-electron chi connectivity index (χ1n) is 6.94. The van der Waals surface area contributed by atoms with E-state index in [1.54, 1.807) is 30.1 Å². The SMILES string of the molecule is Cc1nn(C)c2c(=O)n(CC(=O)Nc3ccccc3)ccc12. The Bertz CT molecular complexity index is 894. The molecule has 6 nitrogen and oxygen atoms in total. The molecule has 0 saturated carbocycles. The molecule has 22 heavy (non-hydrogen) atoms. The van der Waals surface area contributed by atoms with Gasteiger partial charge in [-0.25, -0.2) is 0 Å². The molecule has 2 heterocycles. The Hall–Kier alpha value is -2.89. The molecule has 6 heteroatoms. The van der Waals surface area contributed by atoms with Crippen LogP contribution in [0.2, 0.25) is 0 Å². The highest BCUT2D eigenvalue weighted by molar-refractivity contribution is 5.90. The number of aryl methyl sites for hydroxylation is 2. The van der Waals surface area contributed by atoms with Gasteiger partial charge >= 0.3 is 0 Å². The number of benzene rings is 1. The predicted molar refractivity (Wildman–Crippen MR) is 84.8 cm³/mol. The first-order chi connectivity index (χ1) is 10.6. The average Bonchev–Trinajstić information content (AvgIpc) is 2.78. The van der Waals surface area contributed by atoms with E-state index in [2.05, 4.69) is 10.4 Å². The zero-order valence-electron chi connectivity index (χ0n) is 12.4. The summed E-state index contributed by atoms with van der Waals surface area (Å²) in [5.41, 5.74) is 1.80. The lowest BCUT2D eigenvalue weighted by molar-refractivity contribution is -0.116. The number of carbonyl (C=O) groups is 1. The third-order valence-electron chi connectivity index (χ3n) is 3.52. The number of aromatic nitrogens is 3. The first kappa shape index (κ1) is 14.1. The molecule has 1 N–H and O–H groups in total. The molecule has 3 rings (SSSR count). The van der Waals surface area contributed by atoms with Crippen LogP contribution in [0.5, 0.6) is 0 Å². The second-order valence-electron chi connectivity index (χ2n) is 5.13. The van der Waals surface area contributed by atoms with E-state index in [0.29, 0.717) is 11.2 Å². The molecule has 112 valence electrons. The minimum absolute atomic E-state index is 0.0338. The van der Waals surface area contributed by atoms with Gasteiger partial charge in [0.2, 0.25) is 5.91 Å². The number of hydrogen-bond acceptors (Lipinski definition) is 3. The van der Waals surface area contributed by atoms with Gasteiger partial charge in [-0.05, 0) is 25.1 Å². The Kier molecular flexibility index (Phi) is 3.50. The Balaban J connectivity index is 1.88. The third kappa shape index (κ3) is 2.50. The van der Waals surface area contributed by atoms with Crippen LogP contribution in [-0.2, 0) is 18.4 Å². The fourth-order valence-electron chi connectivity index (χ4n) is 2.50. The number of rotatable bonds is 3. The van der Waals surface area contributed by atoms with Gasteiger partial charge in [0.1, 0.15) is 12.1 Å². The van der Waals surface area contributed by atoms with Gasteiger partial charge in [-0.2, -0.15) is 5.10 Å². The van der Waals surface area contributed by atoms with Gasteiger partial charge in [-0.1, -0.05) is 18.2 Å². The van der Waals surface area contributed by atoms with Crippen molar-refractivity contribution in [3.05, 3.63) is 58.6 Å². The van der Waals surface area contributed by atoms with Crippen LogP contribution in [0, 0.1) is 6.92 Å². The van der Waals surface area contributed by atoms with Crippen LogP contribution in [0.4, 0.5) is 5.69 Å². The zero-order chi connectivity index (χ0) is 15.7. The van der Waals surface area contributed by atoms with Crippen LogP contribution in [0.3, 0.4) is 0 Å². The highest BCUT2D eigenvalue weighted by Gasteiger charge is 2.12. The van der Waals surface area contributed by atoms with Crippen LogP contribution in [0.25, 0.3) is 10.9 Å². The topological polar surface area (TPSA) is 68.9 Å². The number of nitrogens with one attached hydrogen (secondary N) is 1. The molecule has 0 fully saturated rings. The summed E-state index contributed by atoms with van der Waals surface area (Å²) in [5, 5.41) is 7.82. The van der Waals surface area contributed by atoms with Gasteiger partial charge < -0.3 is 9.88 Å².